The second kappa shape index (κ2) is 22.7. The van der Waals surface area contributed by atoms with Crippen LogP contribution in [-0.4, -0.2) is 118 Å². The summed E-state index contributed by atoms with van der Waals surface area (Å²) in [6.45, 7) is 12.4. The van der Waals surface area contributed by atoms with E-state index in [1.165, 1.54) is 34.4 Å². The van der Waals surface area contributed by atoms with Crippen LogP contribution in [0.5, 0.6) is 0 Å². The number of H-pyrrole nitrogens is 1. The van der Waals surface area contributed by atoms with Crippen molar-refractivity contribution in [2.24, 2.45) is 5.41 Å². The van der Waals surface area contributed by atoms with Crippen LogP contribution in [0.1, 0.15) is 91.4 Å². The number of likely N-dealkylation sites (tertiary alicyclic amines) is 1. The first kappa shape index (κ1) is 54.8. The number of hydrogen-bond acceptors (Lipinski definition) is 11. The number of halogens is 4. The predicted molar refractivity (Wildman–Crippen MR) is 274 cm³/mol. The third-order valence-corrected chi connectivity index (χ3v) is 14.5. The first-order valence-corrected chi connectivity index (χ1v) is 25.1. The Labute approximate surface area is 429 Å². The summed E-state index contributed by atoms with van der Waals surface area (Å²) in [7, 11) is 1.97. The number of pyridine rings is 1. The smallest absolute Gasteiger partial charge is 0.391 e. The highest BCUT2D eigenvalue weighted by Crippen LogP contribution is 2.37. The number of aliphatic hydroxyl groups is 1. The number of β-amino-alcohol motifs (C(OH)–C–C–N with tert-alkyl or cyclic N) is 1. The highest BCUT2D eigenvalue weighted by atomic mass is 32.1. The third-order valence-electron chi connectivity index (χ3n) is 13.5. The number of amides is 5. The van der Waals surface area contributed by atoms with Gasteiger partial charge in [-0.25, -0.2) is 9.37 Å². The number of alkyl halides is 3. The number of carbonyl (C=O) groups is 5. The van der Waals surface area contributed by atoms with Crippen molar-refractivity contribution in [3.8, 4) is 21.6 Å². The summed E-state index contributed by atoms with van der Waals surface area (Å²) >= 11 is 1.54. The summed E-state index contributed by atoms with van der Waals surface area (Å²) < 4.78 is 57.7. The number of likely N-dealkylation sites (N-methyl/N-ethyl adjacent to an activating group) is 1. The molecule has 2 saturated heterocycles. The van der Waals surface area contributed by atoms with Crippen molar-refractivity contribution in [3.05, 3.63) is 123 Å². The summed E-state index contributed by atoms with van der Waals surface area (Å²) in [6, 6.07) is 14.4. The number of piperazine rings is 1. The van der Waals surface area contributed by atoms with Crippen LogP contribution in [-0.2, 0) is 27.1 Å². The fourth-order valence-electron chi connectivity index (χ4n) is 9.22. The molecule has 0 unspecified atom stereocenters. The molecule has 0 radical (unpaired) electrons. The number of nitrogens with one attached hydrogen (secondary N) is 5. The molecule has 5 atom stereocenters. The number of benzene rings is 3. The van der Waals surface area contributed by atoms with E-state index in [9.17, 15) is 47.0 Å². The standard InChI is InChI=1S/C53H61F4N9O7S/c1-29-25-65(26-30(2)64(29)7)42-17-15-34(20-41(42)62-49(71)38-24-59-45(69)22-39(38)53(55,56)57)37-19-35(14-16-40(37)54)48(70)58-18-8-9-44(68)63-47(52(4,5)6)51(73)66-27-36(67)21-43(66)50(72)60-23-32-10-12-33(13-11-32)46-31(3)61-28-74-46/h10-17,19-20,22,24,28-30,36,43,47,67H,8-9,18,21,23,25-27H2,1-7H3,(H,58,70)(H,59,69)(H,60,72)(H,62,71)(H,63,68)/t29-,30+,36-,43+,47-/m1/s1. The second-order valence-electron chi connectivity index (χ2n) is 20.1. The quantitative estimate of drug-likeness (QED) is 0.0481. The molecule has 5 amide bonds. The zero-order chi connectivity index (χ0) is 53.8. The molecule has 0 spiro atoms. The van der Waals surface area contributed by atoms with E-state index >= 15 is 4.39 Å². The molecule has 5 aromatic rings. The zero-order valence-electron chi connectivity index (χ0n) is 42.2. The van der Waals surface area contributed by atoms with E-state index in [0.29, 0.717) is 31.0 Å². The second-order valence-corrected chi connectivity index (χ2v) is 20.9. The number of hydrogen-bond donors (Lipinski definition) is 6. The van der Waals surface area contributed by atoms with Crippen LogP contribution in [0.15, 0.2) is 83.2 Å². The zero-order valence-corrected chi connectivity index (χ0v) is 43.0. The maximum atomic E-state index is 15.7. The van der Waals surface area contributed by atoms with Crippen molar-refractivity contribution in [2.75, 3.05) is 43.4 Å². The monoisotopic (exact) mass is 1040 g/mol. The van der Waals surface area contributed by atoms with Crippen molar-refractivity contribution in [1.29, 1.82) is 0 Å². The maximum Gasteiger partial charge on any atom is 0.417 e. The van der Waals surface area contributed by atoms with Crippen LogP contribution < -0.4 is 31.7 Å². The molecule has 0 saturated carbocycles. The summed E-state index contributed by atoms with van der Waals surface area (Å²) in [5, 5.41) is 21.6. The van der Waals surface area contributed by atoms with Crippen molar-refractivity contribution in [3.63, 3.8) is 0 Å². The van der Waals surface area contributed by atoms with Crippen LogP contribution in [0.4, 0.5) is 28.9 Å². The Balaban J connectivity index is 0.983. The van der Waals surface area contributed by atoms with E-state index in [1.807, 2.05) is 57.0 Å². The van der Waals surface area contributed by atoms with Gasteiger partial charge in [-0.1, -0.05) is 51.1 Å². The van der Waals surface area contributed by atoms with Crippen LogP contribution in [0.3, 0.4) is 0 Å². The molecule has 0 bridgehead atoms. The van der Waals surface area contributed by atoms with Crippen molar-refractivity contribution in [1.82, 2.24) is 35.7 Å². The van der Waals surface area contributed by atoms with Crippen molar-refractivity contribution < 1.29 is 46.6 Å². The summed E-state index contributed by atoms with van der Waals surface area (Å²) in [6.07, 6.45) is -5.21. The molecule has 0 aliphatic carbocycles. The lowest BCUT2D eigenvalue weighted by atomic mass is 9.85. The highest BCUT2D eigenvalue weighted by molar-refractivity contribution is 7.13. The first-order chi connectivity index (χ1) is 34.9. The molecule has 4 heterocycles. The number of aliphatic hydroxyl groups excluding tert-OH is 1. The summed E-state index contributed by atoms with van der Waals surface area (Å²) in [5.74, 6) is -3.94. The fourth-order valence-corrected chi connectivity index (χ4v) is 10.0. The SMILES string of the molecule is Cc1ncsc1-c1ccc(CNC(=O)[C@@H]2C[C@@H](O)CN2C(=O)[C@@H](NC(=O)CCCNC(=O)c2ccc(F)c(-c3ccc(N4C[C@@H](C)N(C)[C@@H](C)C4)c(NC(=O)c4c[nH]c(=O)cc4C(F)(F)F)c3)c2)C(C)(C)C)cc1. The number of thiazole rings is 1. The molecule has 2 aliphatic heterocycles. The largest absolute Gasteiger partial charge is 0.417 e. The number of aromatic nitrogens is 2. The average Bonchev–Trinajstić information content (AvgIpc) is 3.97. The van der Waals surface area contributed by atoms with E-state index in [0.717, 1.165) is 27.8 Å². The van der Waals surface area contributed by atoms with Gasteiger partial charge in [0.2, 0.25) is 23.3 Å². The van der Waals surface area contributed by atoms with Gasteiger partial charge >= 0.3 is 6.18 Å². The predicted octanol–water partition coefficient (Wildman–Crippen LogP) is 6.73. The number of aryl methyl sites for hydroxylation is 1. The maximum absolute atomic E-state index is 15.7. The number of rotatable bonds is 15. The molecule has 2 fully saturated rings. The molecule has 2 aromatic heterocycles. The Morgan fingerprint density at radius 1 is 0.905 bits per heavy atom. The van der Waals surface area contributed by atoms with Gasteiger partial charge in [-0.05, 0) is 86.7 Å². The van der Waals surface area contributed by atoms with E-state index in [2.05, 4.69) is 36.1 Å². The van der Waals surface area contributed by atoms with Gasteiger partial charge in [-0.3, -0.25) is 33.7 Å². The molecule has 16 nitrogen and oxygen atoms in total. The van der Waals surface area contributed by atoms with Crippen LogP contribution >= 0.6 is 11.3 Å². The van der Waals surface area contributed by atoms with Gasteiger partial charge in [0.15, 0.2) is 0 Å². The minimum absolute atomic E-state index is 0.0126. The molecule has 3 aromatic carbocycles. The molecule has 2 aliphatic rings. The van der Waals surface area contributed by atoms with Crippen LogP contribution in [0, 0.1) is 18.2 Å². The Hall–Kier alpha value is -6.97. The molecule has 7 rings (SSSR count). The minimum atomic E-state index is -5.02. The van der Waals surface area contributed by atoms with Gasteiger partial charge in [0.1, 0.15) is 17.9 Å². The molecule has 21 heteroatoms. The van der Waals surface area contributed by atoms with Gasteiger partial charge in [0.25, 0.3) is 11.8 Å². The Kier molecular flexibility index (Phi) is 16.8. The van der Waals surface area contributed by atoms with E-state index < -0.39 is 81.8 Å². The first-order valence-electron chi connectivity index (χ1n) is 24.2. The van der Waals surface area contributed by atoms with Gasteiger partial charge < -0.3 is 41.2 Å². The Bertz CT molecular complexity index is 2950. The Morgan fingerprint density at radius 3 is 2.24 bits per heavy atom. The van der Waals surface area contributed by atoms with E-state index in [1.54, 1.807) is 38.4 Å². The lowest BCUT2D eigenvalue weighted by Crippen LogP contribution is -2.57. The average molecular weight is 1040 g/mol. The van der Waals surface area contributed by atoms with Gasteiger partial charge in [-0.15, -0.1) is 11.3 Å². The molecule has 74 heavy (non-hydrogen) atoms. The fraction of sp³-hybridized carbons (Fsp3) is 0.415. The lowest BCUT2D eigenvalue weighted by Gasteiger charge is -2.44. The van der Waals surface area contributed by atoms with Crippen molar-refractivity contribution in [2.45, 2.75) is 104 Å². The number of aromatic amines is 1. The number of anilines is 2. The van der Waals surface area contributed by atoms with Crippen LogP contribution in [0.2, 0.25) is 0 Å². The molecule has 394 valence electrons. The van der Waals surface area contributed by atoms with Gasteiger partial charge in [0.05, 0.1) is 44.7 Å². The molecule has 6 N–H and O–H groups in total. The third kappa shape index (κ3) is 12.9. The lowest BCUT2D eigenvalue weighted by molar-refractivity contribution is -0.144. The van der Waals surface area contributed by atoms with Gasteiger partial charge in [-0.2, -0.15) is 13.2 Å². The van der Waals surface area contributed by atoms with Crippen molar-refractivity contribution >= 4 is 52.2 Å². The minimum Gasteiger partial charge on any atom is -0.391 e. The van der Waals surface area contributed by atoms with E-state index in [-0.39, 0.29) is 73.4 Å². The topological polar surface area (TPSA) is 209 Å². The number of carbonyl (C=O) groups excluding carboxylic acids is 5. The normalized spacial score (nSPS) is 18.7. The summed E-state index contributed by atoms with van der Waals surface area (Å²) in [4.78, 5) is 92.9. The molecular formula is C53H61F4N9O7S. The molecular weight excluding hydrogens is 983 g/mol. The number of nitrogens with zero attached hydrogens (tertiary/aromatic N) is 4. The summed E-state index contributed by atoms with van der Waals surface area (Å²) in [5.41, 5.74) is 1.18. The van der Waals surface area contributed by atoms with E-state index in [4.69, 9.17) is 0 Å². The Morgan fingerprint density at radius 2 is 1.59 bits per heavy atom. The highest BCUT2D eigenvalue weighted by Gasteiger charge is 2.44. The van der Waals surface area contributed by atoms with Crippen LogP contribution in [0.25, 0.3) is 21.6 Å². The van der Waals surface area contributed by atoms with Gasteiger partial charge in [0, 0.05) is 81.0 Å².